The van der Waals surface area contributed by atoms with E-state index in [2.05, 4.69) is 16.4 Å². The predicted molar refractivity (Wildman–Crippen MR) is 136 cm³/mol. The van der Waals surface area contributed by atoms with Crippen LogP contribution in [-0.4, -0.2) is 15.9 Å². The molecular formula is C26H25N3O2S2. The van der Waals surface area contributed by atoms with Crippen LogP contribution in [0.3, 0.4) is 0 Å². The van der Waals surface area contributed by atoms with Gasteiger partial charge in [0.25, 0.3) is 5.56 Å². The van der Waals surface area contributed by atoms with Gasteiger partial charge in [0, 0.05) is 10.6 Å². The first kappa shape index (κ1) is 21.9. The maximum absolute atomic E-state index is 13.4. The van der Waals surface area contributed by atoms with Crippen LogP contribution in [0, 0.1) is 13.8 Å². The molecule has 0 radical (unpaired) electrons. The van der Waals surface area contributed by atoms with E-state index in [1.165, 1.54) is 22.2 Å². The van der Waals surface area contributed by atoms with E-state index in [4.69, 9.17) is 4.98 Å². The number of H-pyrrole nitrogens is 1. The summed E-state index contributed by atoms with van der Waals surface area (Å²) in [5.74, 6) is -0.149. The molecular weight excluding hydrogens is 450 g/mol. The number of nitrogens with zero attached hydrogens (tertiary/aromatic N) is 1. The summed E-state index contributed by atoms with van der Waals surface area (Å²) in [6, 6.07) is 15.6. The lowest BCUT2D eigenvalue weighted by molar-refractivity contribution is -0.115. The summed E-state index contributed by atoms with van der Waals surface area (Å²) >= 11 is 2.90. The Morgan fingerprint density at radius 3 is 2.58 bits per heavy atom. The highest BCUT2D eigenvalue weighted by Gasteiger charge is 2.25. The molecule has 1 aliphatic carbocycles. The predicted octanol–water partition coefficient (Wildman–Crippen LogP) is 5.95. The number of aromatic amines is 1. The third kappa shape index (κ3) is 4.61. The molecule has 33 heavy (non-hydrogen) atoms. The summed E-state index contributed by atoms with van der Waals surface area (Å²) in [6.45, 7) is 4.02. The zero-order chi connectivity index (χ0) is 22.9. The molecule has 168 valence electrons. The van der Waals surface area contributed by atoms with Gasteiger partial charge < -0.3 is 10.3 Å². The summed E-state index contributed by atoms with van der Waals surface area (Å²) in [5, 5.41) is 3.70. The molecule has 5 rings (SSSR count). The Morgan fingerprint density at radius 2 is 1.82 bits per heavy atom. The molecule has 7 heteroatoms. The maximum Gasteiger partial charge on any atom is 0.260 e. The van der Waals surface area contributed by atoms with E-state index in [1.54, 1.807) is 11.3 Å². The summed E-state index contributed by atoms with van der Waals surface area (Å²) in [5.41, 5.74) is 4.86. The van der Waals surface area contributed by atoms with Gasteiger partial charge in [-0.15, -0.1) is 11.3 Å². The highest BCUT2D eigenvalue weighted by atomic mass is 32.2. The van der Waals surface area contributed by atoms with Crippen molar-refractivity contribution in [3.8, 4) is 0 Å². The number of hydrogen-bond donors (Lipinski definition) is 2. The Bertz CT molecular complexity index is 1370. The van der Waals surface area contributed by atoms with Crippen molar-refractivity contribution < 1.29 is 4.79 Å². The van der Waals surface area contributed by atoms with Gasteiger partial charge in [0.05, 0.1) is 5.39 Å². The first-order chi connectivity index (χ1) is 16.0. The van der Waals surface area contributed by atoms with Gasteiger partial charge in [0.15, 0.2) is 5.16 Å². The van der Waals surface area contributed by atoms with Crippen LogP contribution in [0.15, 0.2) is 58.5 Å². The number of benzene rings is 2. The van der Waals surface area contributed by atoms with E-state index in [1.807, 2.05) is 56.3 Å². The molecule has 0 saturated heterocycles. The number of carbonyl (C=O) groups is 1. The standard InChI is InChI=1S/C26H25N3O2S2/c1-15-12-16(2)14-18(13-15)27-24(31)22(17-8-4-3-5-9-17)33-26-28-23(30)21-19-10-6-7-11-20(19)32-25(21)29-26/h3-5,8-9,12-14,22H,6-7,10-11H2,1-2H3,(H,27,31)(H,28,29,30). The maximum atomic E-state index is 13.4. The fourth-order valence-electron chi connectivity index (χ4n) is 4.47. The number of nitrogens with one attached hydrogen (secondary N) is 2. The second-order valence-corrected chi connectivity index (χ2v) is 10.7. The second kappa shape index (κ2) is 9.15. The molecule has 0 saturated carbocycles. The first-order valence-electron chi connectivity index (χ1n) is 11.1. The van der Waals surface area contributed by atoms with Gasteiger partial charge >= 0.3 is 0 Å². The minimum atomic E-state index is -0.554. The molecule has 0 bridgehead atoms. The molecule has 2 heterocycles. The molecule has 1 unspecified atom stereocenters. The zero-order valence-corrected chi connectivity index (χ0v) is 20.2. The van der Waals surface area contributed by atoms with Gasteiger partial charge in [0.1, 0.15) is 10.1 Å². The number of amides is 1. The van der Waals surface area contributed by atoms with Gasteiger partial charge in [-0.3, -0.25) is 9.59 Å². The largest absolute Gasteiger partial charge is 0.325 e. The number of fused-ring (bicyclic) bond motifs is 3. The number of hydrogen-bond acceptors (Lipinski definition) is 5. The average molecular weight is 476 g/mol. The van der Waals surface area contributed by atoms with Crippen LogP contribution in [0.25, 0.3) is 10.2 Å². The number of aromatic nitrogens is 2. The molecule has 1 amide bonds. The smallest absolute Gasteiger partial charge is 0.260 e. The van der Waals surface area contributed by atoms with Crippen molar-refractivity contribution in [1.82, 2.24) is 9.97 Å². The van der Waals surface area contributed by atoms with Gasteiger partial charge in [0.2, 0.25) is 5.91 Å². The molecule has 0 fully saturated rings. The summed E-state index contributed by atoms with van der Waals surface area (Å²) in [4.78, 5) is 36.2. The van der Waals surface area contributed by atoms with Crippen molar-refractivity contribution in [3.63, 3.8) is 0 Å². The fourth-order valence-corrected chi connectivity index (χ4v) is 6.76. The van der Waals surface area contributed by atoms with Crippen molar-refractivity contribution in [2.75, 3.05) is 5.32 Å². The molecule has 1 atom stereocenters. The van der Waals surface area contributed by atoms with E-state index < -0.39 is 5.25 Å². The lowest BCUT2D eigenvalue weighted by Gasteiger charge is -2.17. The Balaban J connectivity index is 1.49. The van der Waals surface area contributed by atoms with E-state index in [0.717, 1.165) is 58.3 Å². The van der Waals surface area contributed by atoms with Crippen molar-refractivity contribution >= 4 is 44.9 Å². The van der Waals surface area contributed by atoms with Gasteiger partial charge in [-0.1, -0.05) is 48.2 Å². The third-order valence-electron chi connectivity index (χ3n) is 5.86. The number of carbonyl (C=O) groups excluding carboxylic acids is 1. The normalized spacial score (nSPS) is 14.1. The lowest BCUT2D eigenvalue weighted by atomic mass is 9.97. The summed E-state index contributed by atoms with van der Waals surface area (Å²) < 4.78 is 0. The number of thiophene rings is 1. The van der Waals surface area contributed by atoms with Gasteiger partial charge in [-0.05, 0) is 73.9 Å². The van der Waals surface area contributed by atoms with E-state index in [-0.39, 0.29) is 11.5 Å². The molecule has 0 spiro atoms. The lowest BCUT2D eigenvalue weighted by Crippen LogP contribution is -2.20. The van der Waals surface area contributed by atoms with Crippen LogP contribution in [0.1, 0.15) is 45.2 Å². The topological polar surface area (TPSA) is 74.8 Å². The Kier molecular flexibility index (Phi) is 6.08. The monoisotopic (exact) mass is 475 g/mol. The van der Waals surface area contributed by atoms with Crippen molar-refractivity contribution in [1.29, 1.82) is 0 Å². The summed E-state index contributed by atoms with van der Waals surface area (Å²) in [7, 11) is 0. The third-order valence-corrected chi connectivity index (χ3v) is 8.19. The molecule has 2 aromatic heterocycles. The molecule has 2 aromatic carbocycles. The minimum Gasteiger partial charge on any atom is -0.325 e. The molecule has 0 aliphatic heterocycles. The zero-order valence-electron chi connectivity index (χ0n) is 18.6. The van der Waals surface area contributed by atoms with E-state index in [0.29, 0.717) is 5.16 Å². The van der Waals surface area contributed by atoms with Crippen LogP contribution in [-0.2, 0) is 17.6 Å². The molecule has 4 aromatic rings. The number of thioether (sulfide) groups is 1. The van der Waals surface area contributed by atoms with Crippen molar-refractivity contribution in [2.24, 2.45) is 0 Å². The number of aryl methyl sites for hydroxylation is 4. The minimum absolute atomic E-state index is 0.108. The van der Waals surface area contributed by atoms with E-state index in [9.17, 15) is 9.59 Å². The summed E-state index contributed by atoms with van der Waals surface area (Å²) in [6.07, 6.45) is 4.23. The number of anilines is 1. The molecule has 2 N–H and O–H groups in total. The molecule has 5 nitrogen and oxygen atoms in total. The number of rotatable bonds is 5. The highest BCUT2D eigenvalue weighted by molar-refractivity contribution is 8.00. The Morgan fingerprint density at radius 1 is 1.09 bits per heavy atom. The van der Waals surface area contributed by atoms with Crippen LogP contribution < -0.4 is 10.9 Å². The van der Waals surface area contributed by atoms with Crippen LogP contribution in [0.5, 0.6) is 0 Å². The highest BCUT2D eigenvalue weighted by Crippen LogP contribution is 2.37. The second-order valence-electron chi connectivity index (χ2n) is 8.54. The van der Waals surface area contributed by atoms with Crippen molar-refractivity contribution in [2.45, 2.75) is 49.9 Å². The van der Waals surface area contributed by atoms with Gasteiger partial charge in [-0.25, -0.2) is 4.98 Å². The van der Waals surface area contributed by atoms with Gasteiger partial charge in [-0.2, -0.15) is 0 Å². The quantitative estimate of drug-likeness (QED) is 0.276. The Hall–Kier alpha value is -2.90. The molecule has 1 aliphatic rings. The van der Waals surface area contributed by atoms with Crippen LogP contribution >= 0.6 is 23.1 Å². The SMILES string of the molecule is Cc1cc(C)cc(NC(=O)C(Sc2nc3sc4c(c3c(=O)[nH]2)CCCC4)c2ccccc2)c1. The van der Waals surface area contributed by atoms with Crippen LogP contribution in [0.4, 0.5) is 5.69 Å². The van der Waals surface area contributed by atoms with Crippen LogP contribution in [0.2, 0.25) is 0 Å². The first-order valence-corrected chi connectivity index (χ1v) is 12.8. The Labute approximate surface area is 200 Å². The van der Waals surface area contributed by atoms with E-state index >= 15 is 0 Å². The van der Waals surface area contributed by atoms with Crippen molar-refractivity contribution in [3.05, 3.63) is 86.0 Å². The fraction of sp³-hybridized carbons (Fsp3) is 0.269. The average Bonchev–Trinajstić information content (AvgIpc) is 3.16.